The highest BCUT2D eigenvalue weighted by Gasteiger charge is 2.30. The lowest BCUT2D eigenvalue weighted by Gasteiger charge is -2.43. The predicted octanol–water partition coefficient (Wildman–Crippen LogP) is 5.07. The molecule has 0 radical (unpaired) electrons. The second kappa shape index (κ2) is 9.71. The van der Waals surface area contributed by atoms with Crippen LogP contribution < -0.4 is 14.9 Å². The molecule has 2 aromatic rings. The number of benzene rings is 2. The average Bonchev–Trinajstić information content (AvgIpc) is 2.73. The summed E-state index contributed by atoms with van der Waals surface area (Å²) in [6, 6.07) is 12.2. The summed E-state index contributed by atoms with van der Waals surface area (Å²) in [5, 5.41) is 3.07. The first-order valence-electron chi connectivity index (χ1n) is 11.4. The highest BCUT2D eigenvalue weighted by atomic mass is 32.2. The fraction of sp³-hybridized carbons (Fsp3) is 0.520. The molecular weight excluding hydrogens is 422 g/mol. The molecule has 1 fully saturated rings. The summed E-state index contributed by atoms with van der Waals surface area (Å²) >= 11 is 0. The lowest BCUT2D eigenvalue weighted by atomic mass is 10.0. The van der Waals surface area contributed by atoms with E-state index in [1.807, 2.05) is 12.1 Å². The monoisotopic (exact) mass is 459 g/mol. The molecule has 0 bridgehead atoms. The van der Waals surface area contributed by atoms with Crippen molar-refractivity contribution < 1.29 is 13.2 Å². The molecule has 2 aromatic carbocycles. The molecule has 0 aliphatic carbocycles. The molecule has 2 N–H and O–H groups in total. The highest BCUT2D eigenvalue weighted by Crippen LogP contribution is 2.33. The van der Waals surface area contributed by atoms with Crippen molar-refractivity contribution in [2.24, 2.45) is 0 Å². The zero-order valence-electron chi connectivity index (χ0n) is 20.3. The van der Waals surface area contributed by atoms with E-state index in [2.05, 4.69) is 61.7 Å². The van der Waals surface area contributed by atoms with Crippen molar-refractivity contribution in [1.82, 2.24) is 0 Å². The number of ether oxygens (including phenoxy) is 1. The second-order valence-electron chi connectivity index (χ2n) is 9.17. The number of anilines is 3. The van der Waals surface area contributed by atoms with Crippen molar-refractivity contribution in [3.8, 4) is 0 Å². The standard InChI is InChI=1S/C25H37N3O3S/c1-16(2)32(29,30)27-23-10-8-22(9-11-23)14-26-24-12-13-25(19(5)18(24)4)28-15-17(3)31-21(7)20(28)6/h8-13,16-17,20-21,26-27H,14-15H2,1-7H3/t17-,20?,21+/m0/s1. The molecule has 6 nitrogen and oxygen atoms in total. The summed E-state index contributed by atoms with van der Waals surface area (Å²) in [4.78, 5) is 2.46. The minimum absolute atomic E-state index is 0.198. The van der Waals surface area contributed by atoms with E-state index in [0.29, 0.717) is 18.3 Å². The van der Waals surface area contributed by atoms with Gasteiger partial charge in [0.15, 0.2) is 0 Å². The van der Waals surface area contributed by atoms with Crippen molar-refractivity contribution in [1.29, 1.82) is 0 Å². The summed E-state index contributed by atoms with van der Waals surface area (Å²) in [5.74, 6) is 0. The van der Waals surface area contributed by atoms with E-state index >= 15 is 0 Å². The Morgan fingerprint density at radius 3 is 2.31 bits per heavy atom. The minimum Gasteiger partial charge on any atom is -0.381 e. The molecule has 1 aliphatic heterocycles. The van der Waals surface area contributed by atoms with Crippen LogP contribution in [0.4, 0.5) is 17.1 Å². The van der Waals surface area contributed by atoms with Crippen LogP contribution in [0.5, 0.6) is 0 Å². The minimum atomic E-state index is -3.33. The Labute approximate surface area is 193 Å². The van der Waals surface area contributed by atoms with Gasteiger partial charge in [-0.15, -0.1) is 0 Å². The molecule has 1 aliphatic rings. The number of morpholine rings is 1. The van der Waals surface area contributed by atoms with Gasteiger partial charge in [-0.3, -0.25) is 4.72 Å². The Bertz CT molecular complexity index is 1040. The van der Waals surface area contributed by atoms with Gasteiger partial charge in [-0.1, -0.05) is 12.1 Å². The van der Waals surface area contributed by atoms with E-state index in [-0.39, 0.29) is 12.2 Å². The van der Waals surface area contributed by atoms with Crippen LogP contribution in [0.2, 0.25) is 0 Å². The lowest BCUT2D eigenvalue weighted by Crippen LogP contribution is -2.52. The van der Waals surface area contributed by atoms with Crippen LogP contribution in [0.15, 0.2) is 36.4 Å². The smallest absolute Gasteiger partial charge is 0.235 e. The van der Waals surface area contributed by atoms with Gasteiger partial charge < -0.3 is 15.0 Å². The van der Waals surface area contributed by atoms with Crippen molar-refractivity contribution in [2.45, 2.75) is 78.5 Å². The zero-order chi connectivity index (χ0) is 23.6. The van der Waals surface area contributed by atoms with Crippen LogP contribution in [-0.2, 0) is 21.3 Å². The first kappa shape index (κ1) is 24.4. The molecule has 3 rings (SSSR count). The molecule has 0 saturated carbocycles. The molecular formula is C25H37N3O3S. The fourth-order valence-corrected chi connectivity index (χ4v) is 4.72. The van der Waals surface area contributed by atoms with Crippen LogP contribution in [0.1, 0.15) is 51.3 Å². The molecule has 7 heteroatoms. The summed E-state index contributed by atoms with van der Waals surface area (Å²) in [5.41, 5.74) is 6.57. The van der Waals surface area contributed by atoms with Crippen molar-refractivity contribution in [2.75, 3.05) is 21.5 Å². The lowest BCUT2D eigenvalue weighted by molar-refractivity contribution is -0.0258. The molecule has 3 atom stereocenters. The third kappa shape index (κ3) is 5.38. The van der Waals surface area contributed by atoms with Gasteiger partial charge in [-0.2, -0.15) is 0 Å². The van der Waals surface area contributed by atoms with E-state index in [1.54, 1.807) is 26.0 Å². The Kier molecular flexibility index (Phi) is 7.40. The predicted molar refractivity (Wildman–Crippen MR) is 134 cm³/mol. The molecule has 32 heavy (non-hydrogen) atoms. The van der Waals surface area contributed by atoms with E-state index in [1.165, 1.54) is 16.8 Å². The Balaban J connectivity index is 1.69. The average molecular weight is 460 g/mol. The molecule has 176 valence electrons. The number of nitrogens with zero attached hydrogens (tertiary/aromatic N) is 1. The molecule has 1 heterocycles. The third-order valence-electron chi connectivity index (χ3n) is 6.46. The molecule has 1 unspecified atom stereocenters. The summed E-state index contributed by atoms with van der Waals surface area (Å²) in [7, 11) is -3.33. The van der Waals surface area contributed by atoms with Gasteiger partial charge >= 0.3 is 0 Å². The largest absolute Gasteiger partial charge is 0.381 e. The van der Waals surface area contributed by atoms with Gasteiger partial charge in [0.2, 0.25) is 10.0 Å². The maximum atomic E-state index is 12.0. The van der Waals surface area contributed by atoms with Crippen LogP contribution in [0, 0.1) is 13.8 Å². The first-order chi connectivity index (χ1) is 15.0. The molecule has 0 spiro atoms. The SMILES string of the molecule is Cc1c(NCc2ccc(NS(=O)(=O)C(C)C)cc2)ccc(N2C[C@H](C)O[C@H](C)C2C)c1C. The number of hydrogen-bond acceptors (Lipinski definition) is 5. The van der Waals surface area contributed by atoms with Crippen LogP contribution in [0.25, 0.3) is 0 Å². The van der Waals surface area contributed by atoms with Gasteiger partial charge in [0.1, 0.15) is 0 Å². The molecule has 1 saturated heterocycles. The van der Waals surface area contributed by atoms with E-state index in [4.69, 9.17) is 4.74 Å². The van der Waals surface area contributed by atoms with Crippen molar-refractivity contribution >= 4 is 27.1 Å². The van der Waals surface area contributed by atoms with Gasteiger partial charge in [-0.05, 0) is 89.4 Å². The number of sulfonamides is 1. The normalized spacial score (nSPS) is 21.6. The van der Waals surface area contributed by atoms with Crippen LogP contribution in [-0.4, -0.2) is 38.5 Å². The van der Waals surface area contributed by atoms with Gasteiger partial charge in [0, 0.05) is 30.2 Å². The summed E-state index contributed by atoms with van der Waals surface area (Å²) < 4.78 is 32.7. The Morgan fingerprint density at radius 2 is 1.69 bits per heavy atom. The highest BCUT2D eigenvalue weighted by molar-refractivity contribution is 7.93. The summed E-state index contributed by atoms with van der Waals surface area (Å²) in [6.45, 7) is 15.7. The third-order valence-corrected chi connectivity index (χ3v) is 8.22. The first-order valence-corrected chi connectivity index (χ1v) is 12.9. The van der Waals surface area contributed by atoms with E-state index in [9.17, 15) is 8.42 Å². The maximum absolute atomic E-state index is 12.0. The molecule has 0 amide bonds. The van der Waals surface area contributed by atoms with Crippen molar-refractivity contribution in [3.63, 3.8) is 0 Å². The Hall–Kier alpha value is -2.25. The molecule has 0 aromatic heterocycles. The van der Waals surface area contributed by atoms with Crippen LogP contribution >= 0.6 is 0 Å². The number of hydrogen-bond donors (Lipinski definition) is 2. The van der Waals surface area contributed by atoms with Gasteiger partial charge in [0.25, 0.3) is 0 Å². The zero-order valence-corrected chi connectivity index (χ0v) is 21.1. The van der Waals surface area contributed by atoms with Crippen molar-refractivity contribution in [3.05, 3.63) is 53.1 Å². The van der Waals surface area contributed by atoms with Gasteiger partial charge in [0.05, 0.1) is 23.5 Å². The number of nitrogens with one attached hydrogen (secondary N) is 2. The fourth-order valence-electron chi connectivity index (χ4n) is 4.02. The second-order valence-corrected chi connectivity index (χ2v) is 11.4. The maximum Gasteiger partial charge on any atom is 0.235 e. The van der Waals surface area contributed by atoms with Gasteiger partial charge in [-0.25, -0.2) is 8.42 Å². The van der Waals surface area contributed by atoms with Crippen LogP contribution in [0.3, 0.4) is 0 Å². The van der Waals surface area contributed by atoms with E-state index in [0.717, 1.165) is 17.8 Å². The Morgan fingerprint density at radius 1 is 1.03 bits per heavy atom. The topological polar surface area (TPSA) is 70.7 Å². The van der Waals surface area contributed by atoms with E-state index < -0.39 is 15.3 Å². The summed E-state index contributed by atoms with van der Waals surface area (Å²) in [6.07, 6.45) is 0.413. The number of rotatable bonds is 7. The quantitative estimate of drug-likeness (QED) is 0.605.